The van der Waals surface area contributed by atoms with E-state index in [0.29, 0.717) is 11.4 Å². The summed E-state index contributed by atoms with van der Waals surface area (Å²) in [7, 11) is 0. The number of nitro benzene ring substituents is 1. The van der Waals surface area contributed by atoms with Crippen molar-refractivity contribution in [2.45, 2.75) is 24.6 Å². The maximum absolute atomic E-state index is 12.1. The average Bonchev–Trinajstić information content (AvgIpc) is 2.52. The van der Waals surface area contributed by atoms with Gasteiger partial charge in [0.05, 0.1) is 11.5 Å². The van der Waals surface area contributed by atoms with Crippen LogP contribution in [0.4, 0.5) is 5.69 Å². The molecule has 0 aliphatic rings. The number of benzene rings is 1. The topological polar surface area (TPSA) is 115 Å². The first-order valence-corrected chi connectivity index (χ1v) is 8.05. The lowest BCUT2D eigenvalue weighted by Gasteiger charge is -2.09. The van der Waals surface area contributed by atoms with Gasteiger partial charge in [0, 0.05) is 23.6 Å². The fourth-order valence-electron chi connectivity index (χ4n) is 1.97. The van der Waals surface area contributed by atoms with Gasteiger partial charge < -0.3 is 9.72 Å². The third-order valence-electron chi connectivity index (χ3n) is 3.09. The van der Waals surface area contributed by atoms with E-state index >= 15 is 0 Å². The smallest absolute Gasteiger partial charge is 0.346 e. The zero-order valence-electron chi connectivity index (χ0n) is 13.1. The minimum absolute atomic E-state index is 0.00101. The Hall–Kier alpha value is -2.68. The Morgan fingerprint density at radius 1 is 1.38 bits per heavy atom. The number of thioether (sulfide) groups is 1. The number of aryl methyl sites for hydroxylation is 1. The van der Waals surface area contributed by atoms with Crippen molar-refractivity contribution in [1.29, 1.82) is 0 Å². The van der Waals surface area contributed by atoms with Crippen LogP contribution in [-0.2, 0) is 10.5 Å². The van der Waals surface area contributed by atoms with Crippen LogP contribution >= 0.6 is 11.8 Å². The molecule has 126 valence electrons. The van der Waals surface area contributed by atoms with Crippen molar-refractivity contribution in [3.63, 3.8) is 0 Å². The van der Waals surface area contributed by atoms with E-state index in [4.69, 9.17) is 4.74 Å². The van der Waals surface area contributed by atoms with Crippen LogP contribution in [0.1, 0.15) is 28.5 Å². The van der Waals surface area contributed by atoms with Crippen LogP contribution in [0.2, 0.25) is 0 Å². The molecule has 0 saturated carbocycles. The van der Waals surface area contributed by atoms with E-state index in [9.17, 15) is 19.7 Å². The van der Waals surface area contributed by atoms with Gasteiger partial charge in [0.15, 0.2) is 0 Å². The van der Waals surface area contributed by atoms with Crippen LogP contribution in [-0.4, -0.2) is 27.5 Å². The molecule has 0 radical (unpaired) electrons. The van der Waals surface area contributed by atoms with Gasteiger partial charge in [-0.05, 0) is 19.4 Å². The first-order valence-electron chi connectivity index (χ1n) is 7.06. The number of esters is 1. The van der Waals surface area contributed by atoms with Crippen molar-refractivity contribution >= 4 is 23.4 Å². The van der Waals surface area contributed by atoms with E-state index < -0.39 is 16.6 Å². The summed E-state index contributed by atoms with van der Waals surface area (Å²) in [5, 5.41) is 10.9. The Labute approximate surface area is 141 Å². The molecule has 24 heavy (non-hydrogen) atoms. The number of non-ortho nitro benzene ring substituents is 1. The molecule has 0 aliphatic heterocycles. The van der Waals surface area contributed by atoms with Gasteiger partial charge >= 0.3 is 11.7 Å². The quantitative estimate of drug-likeness (QED) is 0.280. The van der Waals surface area contributed by atoms with Crippen LogP contribution in [0.3, 0.4) is 0 Å². The summed E-state index contributed by atoms with van der Waals surface area (Å²) in [6.07, 6.45) is 0. The molecule has 0 amide bonds. The SMILES string of the molecule is CCOC(=O)c1c(SCc2ccc([N+](=O)[O-])cc2)nc(=O)[nH]c1C. The first kappa shape index (κ1) is 17.7. The lowest BCUT2D eigenvalue weighted by Crippen LogP contribution is -2.19. The van der Waals surface area contributed by atoms with E-state index in [1.54, 1.807) is 26.0 Å². The van der Waals surface area contributed by atoms with Crippen molar-refractivity contribution in [2.24, 2.45) is 0 Å². The van der Waals surface area contributed by atoms with Crippen molar-refractivity contribution in [1.82, 2.24) is 9.97 Å². The Morgan fingerprint density at radius 2 is 2.04 bits per heavy atom. The van der Waals surface area contributed by atoms with Gasteiger partial charge in [-0.1, -0.05) is 12.1 Å². The Kier molecular flexibility index (Phi) is 5.69. The zero-order valence-corrected chi connectivity index (χ0v) is 13.9. The fourth-order valence-corrected chi connectivity index (χ4v) is 3.00. The molecule has 0 aliphatic carbocycles. The molecule has 9 heteroatoms. The lowest BCUT2D eigenvalue weighted by atomic mass is 10.2. The predicted octanol–water partition coefficient (Wildman–Crippen LogP) is 2.46. The summed E-state index contributed by atoms with van der Waals surface area (Å²) >= 11 is 1.20. The molecule has 0 saturated heterocycles. The third kappa shape index (κ3) is 4.19. The molecule has 1 aromatic heterocycles. The number of aromatic nitrogens is 2. The normalized spacial score (nSPS) is 10.4. The first-order chi connectivity index (χ1) is 11.4. The molecule has 0 bridgehead atoms. The van der Waals surface area contributed by atoms with Crippen LogP contribution in [0.5, 0.6) is 0 Å². The zero-order chi connectivity index (χ0) is 17.7. The molecule has 8 nitrogen and oxygen atoms in total. The van der Waals surface area contributed by atoms with Crippen LogP contribution in [0, 0.1) is 17.0 Å². The van der Waals surface area contributed by atoms with E-state index in [0.717, 1.165) is 5.56 Å². The molecule has 0 atom stereocenters. The Balaban J connectivity index is 2.24. The summed E-state index contributed by atoms with van der Waals surface area (Å²) in [6, 6.07) is 6.04. The van der Waals surface area contributed by atoms with E-state index in [2.05, 4.69) is 9.97 Å². The lowest BCUT2D eigenvalue weighted by molar-refractivity contribution is -0.384. The number of hydrogen-bond donors (Lipinski definition) is 1. The molecule has 0 unspecified atom stereocenters. The van der Waals surface area contributed by atoms with Gasteiger partial charge in [-0.25, -0.2) is 9.59 Å². The molecule has 2 rings (SSSR count). The monoisotopic (exact) mass is 349 g/mol. The number of nitro groups is 1. The minimum atomic E-state index is -0.551. The number of hydrogen-bond acceptors (Lipinski definition) is 7. The maximum atomic E-state index is 12.1. The van der Waals surface area contributed by atoms with Crippen LogP contribution in [0.15, 0.2) is 34.1 Å². The standard InChI is InChI=1S/C15H15N3O5S/c1-3-23-14(19)12-9(2)16-15(20)17-13(12)24-8-10-4-6-11(7-5-10)18(21)22/h4-7H,3,8H2,1-2H3,(H,16,17,20). The number of rotatable bonds is 6. The van der Waals surface area contributed by atoms with Gasteiger partial charge in [0.2, 0.25) is 0 Å². The highest BCUT2D eigenvalue weighted by Gasteiger charge is 2.19. The Morgan fingerprint density at radius 3 is 2.62 bits per heavy atom. The molecule has 1 N–H and O–H groups in total. The van der Waals surface area contributed by atoms with Crippen molar-refractivity contribution < 1.29 is 14.5 Å². The van der Waals surface area contributed by atoms with Gasteiger partial charge in [-0.2, -0.15) is 4.98 Å². The number of ether oxygens (including phenoxy) is 1. The second-order valence-corrected chi connectivity index (χ2v) is 5.74. The molecule has 1 aromatic carbocycles. The Bertz CT molecular complexity index is 817. The number of nitrogens with one attached hydrogen (secondary N) is 1. The highest BCUT2D eigenvalue weighted by molar-refractivity contribution is 7.98. The summed E-state index contributed by atoms with van der Waals surface area (Å²) in [5.74, 6) is -0.148. The second kappa shape index (κ2) is 7.73. The summed E-state index contributed by atoms with van der Waals surface area (Å²) in [4.78, 5) is 40.1. The maximum Gasteiger partial charge on any atom is 0.346 e. The molecular weight excluding hydrogens is 334 g/mol. The van der Waals surface area contributed by atoms with Crippen LogP contribution in [0.25, 0.3) is 0 Å². The number of aromatic amines is 1. The second-order valence-electron chi connectivity index (χ2n) is 4.78. The number of H-pyrrole nitrogens is 1. The van der Waals surface area contributed by atoms with Crippen molar-refractivity contribution in [3.8, 4) is 0 Å². The molecular formula is C15H15N3O5S. The largest absolute Gasteiger partial charge is 0.462 e. The number of carbonyl (C=O) groups is 1. The van der Waals surface area contributed by atoms with Gasteiger partial charge in [0.25, 0.3) is 5.69 Å². The highest BCUT2D eigenvalue weighted by atomic mass is 32.2. The summed E-state index contributed by atoms with van der Waals surface area (Å²) in [5.41, 5.74) is 0.871. The van der Waals surface area contributed by atoms with Gasteiger partial charge in [-0.15, -0.1) is 11.8 Å². The molecule has 1 heterocycles. The van der Waals surface area contributed by atoms with Gasteiger partial charge in [-0.3, -0.25) is 10.1 Å². The fraction of sp³-hybridized carbons (Fsp3) is 0.267. The van der Waals surface area contributed by atoms with E-state index in [-0.39, 0.29) is 22.9 Å². The molecule has 0 fully saturated rings. The molecule has 0 spiro atoms. The van der Waals surface area contributed by atoms with Crippen LogP contribution < -0.4 is 5.69 Å². The minimum Gasteiger partial charge on any atom is -0.462 e. The highest BCUT2D eigenvalue weighted by Crippen LogP contribution is 2.26. The summed E-state index contributed by atoms with van der Waals surface area (Å²) < 4.78 is 4.99. The van der Waals surface area contributed by atoms with Crippen molar-refractivity contribution in [2.75, 3.05) is 6.61 Å². The molecule has 2 aromatic rings. The van der Waals surface area contributed by atoms with Gasteiger partial charge in [0.1, 0.15) is 10.6 Å². The van der Waals surface area contributed by atoms with E-state index in [1.807, 2.05) is 0 Å². The third-order valence-corrected chi connectivity index (χ3v) is 4.14. The van der Waals surface area contributed by atoms with Crippen molar-refractivity contribution in [3.05, 3.63) is 61.7 Å². The predicted molar refractivity (Wildman–Crippen MR) is 88.2 cm³/mol. The number of nitrogens with zero attached hydrogens (tertiary/aromatic N) is 2. The summed E-state index contributed by atoms with van der Waals surface area (Å²) in [6.45, 7) is 3.51. The average molecular weight is 349 g/mol. The number of carbonyl (C=O) groups excluding carboxylic acids is 1. The van der Waals surface area contributed by atoms with E-state index in [1.165, 1.54) is 23.9 Å².